The topological polar surface area (TPSA) is 59.9 Å². The lowest BCUT2D eigenvalue weighted by molar-refractivity contribution is 0.386. The van der Waals surface area contributed by atoms with Crippen molar-refractivity contribution in [2.75, 3.05) is 12.4 Å². The SMILES string of the molecule is COc1ccc(CNc2nncc3c2sc2nc(C)c(Cl)c(C)c23)cc1F. The monoisotopic (exact) mass is 402 g/mol. The summed E-state index contributed by atoms with van der Waals surface area (Å²) in [6.45, 7) is 4.29. The number of halogens is 2. The van der Waals surface area contributed by atoms with Gasteiger partial charge in [-0.2, -0.15) is 5.10 Å². The molecule has 0 aliphatic heterocycles. The van der Waals surface area contributed by atoms with Gasteiger partial charge in [0.15, 0.2) is 17.4 Å². The van der Waals surface area contributed by atoms with E-state index in [0.29, 0.717) is 17.4 Å². The van der Waals surface area contributed by atoms with Gasteiger partial charge >= 0.3 is 0 Å². The van der Waals surface area contributed by atoms with Crippen molar-refractivity contribution in [3.8, 4) is 5.75 Å². The van der Waals surface area contributed by atoms with Gasteiger partial charge in [-0.3, -0.25) is 0 Å². The normalized spacial score (nSPS) is 11.3. The van der Waals surface area contributed by atoms with Crippen LogP contribution in [-0.2, 0) is 6.54 Å². The Labute approximate surface area is 164 Å². The van der Waals surface area contributed by atoms with Crippen molar-refractivity contribution in [2.45, 2.75) is 20.4 Å². The van der Waals surface area contributed by atoms with Gasteiger partial charge in [0, 0.05) is 17.3 Å². The van der Waals surface area contributed by atoms with Gasteiger partial charge in [-0.25, -0.2) is 9.37 Å². The molecule has 27 heavy (non-hydrogen) atoms. The number of benzene rings is 1. The third-order valence-corrected chi connectivity index (χ3v) is 6.12. The molecule has 0 radical (unpaired) electrons. The average Bonchev–Trinajstić information content (AvgIpc) is 3.03. The highest BCUT2D eigenvalue weighted by atomic mass is 35.5. The van der Waals surface area contributed by atoms with Crippen LogP contribution in [0, 0.1) is 19.7 Å². The van der Waals surface area contributed by atoms with E-state index in [2.05, 4.69) is 20.5 Å². The molecule has 3 heterocycles. The van der Waals surface area contributed by atoms with Crippen molar-refractivity contribution >= 4 is 49.1 Å². The van der Waals surface area contributed by atoms with E-state index < -0.39 is 5.82 Å². The highest BCUT2D eigenvalue weighted by molar-refractivity contribution is 7.26. The predicted octanol–water partition coefficient (Wildman–Crippen LogP) is 5.27. The number of hydrogen-bond acceptors (Lipinski definition) is 6. The molecular formula is C19H16ClFN4OS. The first kappa shape index (κ1) is 17.9. The first-order valence-electron chi connectivity index (χ1n) is 8.26. The van der Waals surface area contributed by atoms with Crippen molar-refractivity contribution in [3.63, 3.8) is 0 Å². The predicted molar refractivity (Wildman–Crippen MR) is 107 cm³/mol. The van der Waals surface area contributed by atoms with Crippen LogP contribution in [0.5, 0.6) is 5.75 Å². The van der Waals surface area contributed by atoms with E-state index in [-0.39, 0.29) is 5.75 Å². The molecule has 0 atom stereocenters. The number of methoxy groups -OCH3 is 1. The van der Waals surface area contributed by atoms with Gasteiger partial charge in [0.2, 0.25) is 0 Å². The van der Waals surface area contributed by atoms with Gasteiger partial charge in [-0.1, -0.05) is 17.7 Å². The fourth-order valence-corrected chi connectivity index (χ4v) is 4.42. The second-order valence-corrected chi connectivity index (χ2v) is 7.55. The van der Waals surface area contributed by atoms with Crippen LogP contribution >= 0.6 is 22.9 Å². The summed E-state index contributed by atoms with van der Waals surface area (Å²) in [4.78, 5) is 5.50. The van der Waals surface area contributed by atoms with Crippen LogP contribution in [-0.4, -0.2) is 22.3 Å². The van der Waals surface area contributed by atoms with Gasteiger partial charge in [-0.15, -0.1) is 16.4 Å². The lowest BCUT2D eigenvalue weighted by Gasteiger charge is -2.08. The summed E-state index contributed by atoms with van der Waals surface area (Å²) in [6.07, 6.45) is 1.73. The zero-order chi connectivity index (χ0) is 19.1. The molecular weight excluding hydrogens is 387 g/mol. The Bertz CT molecular complexity index is 1180. The standard InChI is InChI=1S/C19H16ClFN4OS/c1-9-15-12-8-23-25-18(17(12)27-19(15)24-10(2)16(9)20)22-7-11-4-5-14(26-3)13(21)6-11/h4-6,8H,7H2,1-3H3,(H,22,25). The Kier molecular flexibility index (Phi) is 4.57. The number of pyridine rings is 1. The van der Waals surface area contributed by atoms with E-state index in [4.69, 9.17) is 16.3 Å². The zero-order valence-electron chi connectivity index (χ0n) is 14.9. The van der Waals surface area contributed by atoms with Crippen LogP contribution in [0.25, 0.3) is 20.3 Å². The number of thiophene rings is 1. The van der Waals surface area contributed by atoms with Crippen molar-refractivity contribution < 1.29 is 9.13 Å². The number of nitrogens with one attached hydrogen (secondary N) is 1. The molecule has 1 aromatic carbocycles. The third-order valence-electron chi connectivity index (χ3n) is 4.45. The molecule has 0 fully saturated rings. The maximum absolute atomic E-state index is 13.9. The molecule has 0 aliphatic rings. The number of nitrogens with zero attached hydrogens (tertiary/aromatic N) is 3. The molecule has 1 N–H and O–H groups in total. The quantitative estimate of drug-likeness (QED) is 0.504. The second-order valence-electron chi connectivity index (χ2n) is 6.18. The van der Waals surface area contributed by atoms with Crippen molar-refractivity contribution in [2.24, 2.45) is 0 Å². The number of rotatable bonds is 4. The molecule has 0 saturated carbocycles. The van der Waals surface area contributed by atoms with E-state index in [1.54, 1.807) is 23.6 Å². The Morgan fingerprint density at radius 1 is 1.30 bits per heavy atom. The summed E-state index contributed by atoms with van der Waals surface area (Å²) < 4.78 is 19.8. The number of anilines is 1. The fourth-order valence-electron chi connectivity index (χ4n) is 3.07. The first-order chi connectivity index (χ1) is 13.0. The maximum atomic E-state index is 13.9. The summed E-state index contributed by atoms with van der Waals surface area (Å²) >= 11 is 7.92. The lowest BCUT2D eigenvalue weighted by Crippen LogP contribution is -2.03. The van der Waals surface area contributed by atoms with Crippen LogP contribution in [0.3, 0.4) is 0 Å². The Morgan fingerprint density at radius 3 is 2.85 bits per heavy atom. The minimum atomic E-state index is -0.395. The number of ether oxygens (including phenoxy) is 1. The van der Waals surface area contributed by atoms with E-state index >= 15 is 0 Å². The molecule has 0 amide bonds. The average molecular weight is 403 g/mol. The van der Waals surface area contributed by atoms with Crippen LogP contribution in [0.4, 0.5) is 10.2 Å². The molecule has 8 heteroatoms. The van der Waals surface area contributed by atoms with E-state index in [1.165, 1.54) is 13.2 Å². The molecule has 5 nitrogen and oxygen atoms in total. The summed E-state index contributed by atoms with van der Waals surface area (Å²) in [6, 6.07) is 4.86. The zero-order valence-corrected chi connectivity index (χ0v) is 16.5. The van der Waals surface area contributed by atoms with Crippen LogP contribution in [0.15, 0.2) is 24.4 Å². The largest absolute Gasteiger partial charge is 0.494 e. The maximum Gasteiger partial charge on any atom is 0.167 e. The molecule has 0 unspecified atom stereocenters. The summed E-state index contributed by atoms with van der Waals surface area (Å²) in [5.74, 6) is 0.465. The van der Waals surface area contributed by atoms with E-state index in [1.807, 2.05) is 19.9 Å². The number of fused-ring (bicyclic) bond motifs is 3. The van der Waals surface area contributed by atoms with Gasteiger partial charge in [0.05, 0.1) is 28.7 Å². The van der Waals surface area contributed by atoms with Crippen LogP contribution in [0.2, 0.25) is 5.02 Å². The highest BCUT2D eigenvalue weighted by Crippen LogP contribution is 2.40. The minimum Gasteiger partial charge on any atom is -0.494 e. The molecule has 0 spiro atoms. The highest BCUT2D eigenvalue weighted by Gasteiger charge is 2.16. The minimum absolute atomic E-state index is 0.221. The van der Waals surface area contributed by atoms with Crippen molar-refractivity contribution in [3.05, 3.63) is 52.1 Å². The molecule has 0 aliphatic carbocycles. The van der Waals surface area contributed by atoms with Gasteiger partial charge in [0.25, 0.3) is 0 Å². The Hall–Kier alpha value is -2.51. The molecule has 0 bridgehead atoms. The van der Waals surface area contributed by atoms with Crippen LogP contribution < -0.4 is 10.1 Å². The Morgan fingerprint density at radius 2 is 2.11 bits per heavy atom. The van der Waals surface area contributed by atoms with E-state index in [0.717, 1.165) is 37.1 Å². The van der Waals surface area contributed by atoms with Gasteiger partial charge in [-0.05, 0) is 37.1 Å². The summed E-state index contributed by atoms with van der Waals surface area (Å²) in [5, 5.41) is 14.2. The summed E-state index contributed by atoms with van der Waals surface area (Å²) in [5.41, 5.74) is 2.57. The van der Waals surface area contributed by atoms with E-state index in [9.17, 15) is 4.39 Å². The molecule has 4 rings (SSSR count). The van der Waals surface area contributed by atoms with Gasteiger partial charge < -0.3 is 10.1 Å². The van der Waals surface area contributed by atoms with Crippen LogP contribution in [0.1, 0.15) is 16.8 Å². The lowest BCUT2D eigenvalue weighted by atomic mass is 10.1. The van der Waals surface area contributed by atoms with Gasteiger partial charge in [0.1, 0.15) is 4.83 Å². The second kappa shape index (κ2) is 6.90. The number of aryl methyl sites for hydroxylation is 2. The summed E-state index contributed by atoms with van der Waals surface area (Å²) in [7, 11) is 1.44. The fraction of sp³-hybridized carbons (Fsp3) is 0.211. The first-order valence-corrected chi connectivity index (χ1v) is 9.46. The number of aromatic nitrogens is 3. The number of hydrogen-bond donors (Lipinski definition) is 1. The van der Waals surface area contributed by atoms with Crippen molar-refractivity contribution in [1.82, 2.24) is 15.2 Å². The Balaban J connectivity index is 1.73. The molecule has 138 valence electrons. The smallest absolute Gasteiger partial charge is 0.167 e. The molecule has 4 aromatic rings. The molecule has 0 saturated heterocycles. The van der Waals surface area contributed by atoms with Crippen molar-refractivity contribution in [1.29, 1.82) is 0 Å². The molecule has 3 aromatic heterocycles. The third kappa shape index (κ3) is 3.07.